The van der Waals surface area contributed by atoms with Crippen LogP contribution in [0.15, 0.2) is 12.3 Å². The third-order valence-electron chi connectivity index (χ3n) is 6.66. The number of carbonyl (C=O) groups excluding carboxylic acids is 1. The number of aliphatic hydroxyl groups excluding tert-OH is 2. The first-order chi connectivity index (χ1) is 18.0. The number of amides is 1. The fourth-order valence-electron chi connectivity index (χ4n) is 4.68. The number of ether oxygens (including phenoxy) is 1. The standard InChI is InChI=1S/C25H35N7O5S/c1-6-37-24(35)28-10-9-27-23-29-12(2)17(22-31-18-13(3)26-8-7-16(18)38-22)21(32-23)30-15-11-14(25(4,5)36)19(33)20(15)34/h7-8,14-15,19-20,33-34,36H,6,9-11H2,1-5H3,(H,28,35)(H2,27,29,30,32)/t14-,15+,19+,20-/m0/s1. The van der Waals surface area contributed by atoms with E-state index in [1.165, 1.54) is 11.3 Å². The molecule has 0 aromatic carbocycles. The van der Waals surface area contributed by atoms with Gasteiger partial charge in [0.1, 0.15) is 22.4 Å². The minimum absolute atomic E-state index is 0.287. The van der Waals surface area contributed by atoms with E-state index in [-0.39, 0.29) is 6.61 Å². The number of rotatable bonds is 9. The van der Waals surface area contributed by atoms with E-state index >= 15 is 0 Å². The number of hydrogen-bond acceptors (Lipinski definition) is 12. The SMILES string of the molecule is CCOC(=O)NCCNc1nc(C)c(-c2nc3c(C)nccc3s2)c(N[C@@H]2C[C@H](C(C)(C)O)[C@@H](O)[C@H]2O)n1. The number of thiazole rings is 1. The van der Waals surface area contributed by atoms with E-state index in [1.807, 2.05) is 19.9 Å². The molecule has 0 radical (unpaired) electrons. The second kappa shape index (κ2) is 11.3. The van der Waals surface area contributed by atoms with Gasteiger partial charge in [-0.3, -0.25) is 4.98 Å². The van der Waals surface area contributed by atoms with Gasteiger partial charge >= 0.3 is 6.09 Å². The van der Waals surface area contributed by atoms with Crippen LogP contribution in [0.3, 0.4) is 0 Å². The Morgan fingerprint density at radius 3 is 2.58 bits per heavy atom. The molecule has 1 fully saturated rings. The second-order valence-electron chi connectivity index (χ2n) is 9.92. The maximum absolute atomic E-state index is 11.5. The van der Waals surface area contributed by atoms with Crippen molar-refractivity contribution in [3.05, 3.63) is 23.7 Å². The van der Waals surface area contributed by atoms with Gasteiger partial charge in [-0.2, -0.15) is 4.98 Å². The highest BCUT2D eigenvalue weighted by Crippen LogP contribution is 2.40. The van der Waals surface area contributed by atoms with Crippen molar-refractivity contribution in [1.29, 1.82) is 0 Å². The molecular weight excluding hydrogens is 510 g/mol. The molecule has 3 aromatic rings. The van der Waals surface area contributed by atoms with Gasteiger partial charge in [0.15, 0.2) is 0 Å². The number of carbonyl (C=O) groups is 1. The van der Waals surface area contributed by atoms with Crippen molar-refractivity contribution in [2.75, 3.05) is 30.3 Å². The third-order valence-corrected chi connectivity index (χ3v) is 7.70. The fraction of sp³-hybridized carbons (Fsp3) is 0.560. The second-order valence-corrected chi connectivity index (χ2v) is 11.0. The minimum Gasteiger partial charge on any atom is -0.450 e. The summed E-state index contributed by atoms with van der Waals surface area (Å²) < 4.78 is 5.84. The Hall–Kier alpha value is -3.13. The molecule has 3 aromatic heterocycles. The fourth-order valence-corrected chi connectivity index (χ4v) is 5.79. The zero-order valence-electron chi connectivity index (χ0n) is 22.1. The molecule has 1 amide bonds. The van der Waals surface area contributed by atoms with Crippen LogP contribution in [-0.2, 0) is 4.74 Å². The number of nitrogens with zero attached hydrogens (tertiary/aromatic N) is 4. The average molecular weight is 546 g/mol. The van der Waals surface area contributed by atoms with Gasteiger partial charge in [0.25, 0.3) is 0 Å². The lowest BCUT2D eigenvalue weighted by atomic mass is 9.88. The Morgan fingerprint density at radius 2 is 1.92 bits per heavy atom. The summed E-state index contributed by atoms with van der Waals surface area (Å²) in [6.45, 7) is 9.68. The van der Waals surface area contributed by atoms with Crippen LogP contribution >= 0.6 is 11.3 Å². The van der Waals surface area contributed by atoms with Crippen LogP contribution < -0.4 is 16.0 Å². The number of aryl methyl sites for hydroxylation is 2. The first-order valence-electron chi connectivity index (χ1n) is 12.6. The summed E-state index contributed by atoms with van der Waals surface area (Å²) in [6.07, 6.45) is -0.626. The van der Waals surface area contributed by atoms with E-state index in [9.17, 15) is 20.1 Å². The number of anilines is 2. The molecule has 3 heterocycles. The lowest BCUT2D eigenvalue weighted by Gasteiger charge is -2.28. The van der Waals surface area contributed by atoms with E-state index in [0.29, 0.717) is 47.5 Å². The molecule has 0 aliphatic heterocycles. The number of aromatic nitrogens is 4. The van der Waals surface area contributed by atoms with Crippen molar-refractivity contribution < 1.29 is 24.9 Å². The Bertz CT molecular complexity index is 1300. The zero-order valence-corrected chi connectivity index (χ0v) is 23.0. The Balaban J connectivity index is 1.65. The van der Waals surface area contributed by atoms with Crippen molar-refractivity contribution in [2.45, 2.75) is 64.9 Å². The summed E-state index contributed by atoms with van der Waals surface area (Å²) >= 11 is 1.49. The molecule has 12 nitrogen and oxygen atoms in total. The molecule has 1 aliphatic rings. The van der Waals surface area contributed by atoms with E-state index in [2.05, 4.69) is 30.9 Å². The van der Waals surface area contributed by atoms with E-state index in [0.717, 1.165) is 15.9 Å². The molecule has 4 atom stereocenters. The van der Waals surface area contributed by atoms with E-state index in [1.54, 1.807) is 27.0 Å². The maximum Gasteiger partial charge on any atom is 0.407 e. The summed E-state index contributed by atoms with van der Waals surface area (Å²) in [5.41, 5.74) is 1.77. The smallest absolute Gasteiger partial charge is 0.407 e. The van der Waals surface area contributed by atoms with Gasteiger partial charge in [0, 0.05) is 25.2 Å². The third kappa shape index (κ3) is 5.96. The quantitative estimate of drug-likeness (QED) is 0.218. The van der Waals surface area contributed by atoms with Crippen molar-refractivity contribution >= 4 is 39.4 Å². The largest absolute Gasteiger partial charge is 0.450 e. The normalized spacial score (nSPS) is 21.5. The highest BCUT2D eigenvalue weighted by Gasteiger charge is 2.48. The maximum atomic E-state index is 11.5. The highest BCUT2D eigenvalue weighted by atomic mass is 32.1. The first-order valence-corrected chi connectivity index (χ1v) is 13.4. The summed E-state index contributed by atoms with van der Waals surface area (Å²) in [5, 5.41) is 41.7. The predicted octanol–water partition coefficient (Wildman–Crippen LogP) is 2.22. The topological polar surface area (TPSA) is 175 Å². The number of pyridine rings is 1. The van der Waals surface area contributed by atoms with Crippen LogP contribution in [0.25, 0.3) is 20.8 Å². The number of alkyl carbamates (subject to hydrolysis) is 1. The summed E-state index contributed by atoms with van der Waals surface area (Å²) in [4.78, 5) is 30.0. The molecule has 0 unspecified atom stereocenters. The number of hydrogen-bond donors (Lipinski definition) is 6. The molecule has 38 heavy (non-hydrogen) atoms. The highest BCUT2D eigenvalue weighted by molar-refractivity contribution is 7.21. The van der Waals surface area contributed by atoms with Crippen LogP contribution in [0.4, 0.5) is 16.6 Å². The molecule has 13 heteroatoms. The van der Waals surface area contributed by atoms with Crippen LogP contribution in [-0.4, -0.2) is 84.9 Å². The number of nitrogens with one attached hydrogen (secondary N) is 3. The first kappa shape index (κ1) is 27.9. The molecular formula is C25H35N7O5S. The van der Waals surface area contributed by atoms with Crippen molar-refractivity contribution in [1.82, 2.24) is 25.3 Å². The van der Waals surface area contributed by atoms with Gasteiger partial charge in [-0.05, 0) is 47.1 Å². The molecule has 0 spiro atoms. The van der Waals surface area contributed by atoms with Crippen LogP contribution in [0.2, 0.25) is 0 Å². The zero-order chi connectivity index (χ0) is 27.6. The number of fused-ring (bicyclic) bond motifs is 1. The predicted molar refractivity (Wildman–Crippen MR) is 145 cm³/mol. The number of aliphatic hydroxyl groups is 3. The molecule has 0 saturated heterocycles. The lowest BCUT2D eigenvalue weighted by Crippen LogP contribution is -2.40. The van der Waals surface area contributed by atoms with Crippen molar-refractivity contribution in [3.8, 4) is 10.6 Å². The molecule has 0 bridgehead atoms. The average Bonchev–Trinajstić information content (AvgIpc) is 3.39. The van der Waals surface area contributed by atoms with Crippen LogP contribution in [0.5, 0.6) is 0 Å². The Morgan fingerprint density at radius 1 is 1.16 bits per heavy atom. The van der Waals surface area contributed by atoms with Crippen molar-refractivity contribution in [3.63, 3.8) is 0 Å². The van der Waals surface area contributed by atoms with Gasteiger partial charge in [0.2, 0.25) is 5.95 Å². The van der Waals surface area contributed by atoms with Gasteiger partial charge in [-0.25, -0.2) is 14.8 Å². The van der Waals surface area contributed by atoms with Crippen LogP contribution in [0, 0.1) is 19.8 Å². The summed E-state index contributed by atoms with van der Waals surface area (Å²) in [7, 11) is 0. The van der Waals surface area contributed by atoms with Gasteiger partial charge in [-0.1, -0.05) is 0 Å². The summed E-state index contributed by atoms with van der Waals surface area (Å²) in [6, 6.07) is 1.34. The molecule has 1 saturated carbocycles. The molecule has 206 valence electrons. The van der Waals surface area contributed by atoms with Crippen LogP contribution in [0.1, 0.15) is 38.6 Å². The van der Waals surface area contributed by atoms with Gasteiger partial charge < -0.3 is 36.0 Å². The monoisotopic (exact) mass is 545 g/mol. The van der Waals surface area contributed by atoms with Crippen molar-refractivity contribution in [2.24, 2.45) is 5.92 Å². The minimum atomic E-state index is -1.17. The van der Waals surface area contributed by atoms with E-state index in [4.69, 9.17) is 9.72 Å². The Labute approximate surface area is 224 Å². The molecule has 1 aliphatic carbocycles. The van der Waals surface area contributed by atoms with Gasteiger partial charge in [0.05, 0.1) is 46.0 Å². The molecule has 4 rings (SSSR count). The Kier molecular flexibility index (Phi) is 8.31. The summed E-state index contributed by atoms with van der Waals surface area (Å²) in [5.74, 6) is 0.241. The lowest BCUT2D eigenvalue weighted by molar-refractivity contribution is -0.0601. The van der Waals surface area contributed by atoms with Gasteiger partial charge in [-0.15, -0.1) is 11.3 Å². The molecule has 6 N–H and O–H groups in total. The van der Waals surface area contributed by atoms with E-state index < -0.39 is 35.9 Å².